The van der Waals surface area contributed by atoms with Gasteiger partial charge in [-0.2, -0.15) is 0 Å². The van der Waals surface area contributed by atoms with Crippen molar-refractivity contribution < 1.29 is 9.18 Å². The monoisotopic (exact) mass is 322 g/mol. The van der Waals surface area contributed by atoms with Gasteiger partial charge < -0.3 is 10.2 Å². The lowest BCUT2D eigenvalue weighted by Gasteiger charge is -2.26. The molecule has 0 aromatic heterocycles. The van der Waals surface area contributed by atoms with Gasteiger partial charge in [0, 0.05) is 12.7 Å². The number of halogens is 1. The summed E-state index contributed by atoms with van der Waals surface area (Å²) >= 11 is 0. The lowest BCUT2D eigenvalue weighted by Crippen LogP contribution is -2.39. The van der Waals surface area contributed by atoms with E-state index in [1.54, 1.807) is 25.1 Å². The topological polar surface area (TPSA) is 32.3 Å². The number of nitrogens with one attached hydrogen (secondary N) is 1. The van der Waals surface area contributed by atoms with Crippen molar-refractivity contribution >= 4 is 28.1 Å². The third-order valence-corrected chi connectivity index (χ3v) is 4.23. The molecule has 3 aromatic rings. The van der Waals surface area contributed by atoms with Crippen LogP contribution in [0.1, 0.15) is 6.92 Å². The minimum atomic E-state index is -0.439. The fourth-order valence-electron chi connectivity index (χ4n) is 2.60. The summed E-state index contributed by atoms with van der Waals surface area (Å²) in [6, 6.07) is 19.8. The fraction of sp³-hybridized carbons (Fsp3) is 0.150. The number of rotatable bonds is 4. The standard InChI is InChI=1S/C20H19FN2O/c1-14(20(24)22-19-10-6-5-9-18(19)21)23(2)17-12-11-15-7-3-4-8-16(15)13-17/h3-14H,1-2H3,(H,22,24)/t14-/m0/s1. The summed E-state index contributed by atoms with van der Waals surface area (Å²) in [6.45, 7) is 1.80. The van der Waals surface area contributed by atoms with Crippen molar-refractivity contribution in [2.24, 2.45) is 0 Å². The molecule has 0 heterocycles. The molecule has 0 aliphatic heterocycles. The minimum absolute atomic E-state index is 0.196. The minimum Gasteiger partial charge on any atom is -0.363 e. The molecule has 0 bridgehead atoms. The summed E-state index contributed by atoms with van der Waals surface area (Å²) in [5.74, 6) is -0.692. The molecule has 1 N–H and O–H groups in total. The van der Waals surface area contributed by atoms with Gasteiger partial charge in [0.25, 0.3) is 0 Å². The summed E-state index contributed by atoms with van der Waals surface area (Å²) in [7, 11) is 1.86. The highest BCUT2D eigenvalue weighted by Crippen LogP contribution is 2.23. The number of amides is 1. The smallest absolute Gasteiger partial charge is 0.246 e. The fourth-order valence-corrected chi connectivity index (χ4v) is 2.60. The zero-order valence-electron chi connectivity index (χ0n) is 13.7. The predicted molar refractivity (Wildman–Crippen MR) is 96.8 cm³/mol. The summed E-state index contributed by atoms with van der Waals surface area (Å²) in [4.78, 5) is 14.3. The first-order chi connectivity index (χ1) is 11.6. The quantitative estimate of drug-likeness (QED) is 0.770. The molecule has 0 aliphatic carbocycles. The molecule has 1 atom stereocenters. The molecule has 122 valence electrons. The Morgan fingerprint density at radius 2 is 1.67 bits per heavy atom. The molecule has 4 heteroatoms. The summed E-state index contributed by atoms with van der Waals surface area (Å²) in [6.07, 6.45) is 0. The second-order valence-corrected chi connectivity index (χ2v) is 5.79. The second-order valence-electron chi connectivity index (χ2n) is 5.79. The van der Waals surface area contributed by atoms with Gasteiger partial charge in [-0.1, -0.05) is 42.5 Å². The van der Waals surface area contributed by atoms with Crippen LogP contribution in [-0.4, -0.2) is 19.0 Å². The van der Waals surface area contributed by atoms with Crippen LogP contribution in [0.2, 0.25) is 0 Å². The first-order valence-corrected chi connectivity index (χ1v) is 7.83. The molecule has 3 aromatic carbocycles. The average Bonchev–Trinajstić information content (AvgIpc) is 2.62. The van der Waals surface area contributed by atoms with Crippen LogP contribution in [0.15, 0.2) is 66.7 Å². The van der Waals surface area contributed by atoms with Crippen LogP contribution in [0.3, 0.4) is 0 Å². The number of para-hydroxylation sites is 1. The van der Waals surface area contributed by atoms with E-state index in [0.29, 0.717) is 0 Å². The Kier molecular flexibility index (Phi) is 4.47. The Labute approximate surface area is 140 Å². The highest BCUT2D eigenvalue weighted by atomic mass is 19.1. The van der Waals surface area contributed by atoms with E-state index in [9.17, 15) is 9.18 Å². The van der Waals surface area contributed by atoms with Crippen LogP contribution in [-0.2, 0) is 4.79 Å². The van der Waals surface area contributed by atoms with Gasteiger partial charge in [-0.15, -0.1) is 0 Å². The second kappa shape index (κ2) is 6.71. The Morgan fingerprint density at radius 1 is 1.00 bits per heavy atom. The summed E-state index contributed by atoms with van der Waals surface area (Å²) in [5.41, 5.74) is 1.13. The Bertz CT molecular complexity index is 878. The maximum atomic E-state index is 13.7. The Hall–Kier alpha value is -2.88. The largest absolute Gasteiger partial charge is 0.363 e. The third kappa shape index (κ3) is 3.23. The van der Waals surface area contributed by atoms with Crippen molar-refractivity contribution in [3.63, 3.8) is 0 Å². The number of fused-ring (bicyclic) bond motifs is 1. The molecular weight excluding hydrogens is 303 g/mol. The van der Waals surface area contributed by atoms with Crippen molar-refractivity contribution in [1.29, 1.82) is 0 Å². The molecule has 24 heavy (non-hydrogen) atoms. The van der Waals surface area contributed by atoms with E-state index in [2.05, 4.69) is 5.32 Å². The molecule has 3 rings (SSSR count). The van der Waals surface area contributed by atoms with Crippen LogP contribution in [0.4, 0.5) is 15.8 Å². The normalized spacial score (nSPS) is 12.0. The Morgan fingerprint density at radius 3 is 2.42 bits per heavy atom. The van der Waals surface area contributed by atoms with Gasteiger partial charge in [0.15, 0.2) is 0 Å². The van der Waals surface area contributed by atoms with Crippen LogP contribution in [0.25, 0.3) is 10.8 Å². The molecule has 0 spiro atoms. The number of hydrogen-bond donors (Lipinski definition) is 1. The van der Waals surface area contributed by atoms with Crippen molar-refractivity contribution in [3.8, 4) is 0 Å². The molecule has 0 radical (unpaired) electrons. The van der Waals surface area contributed by atoms with Crippen LogP contribution in [0.5, 0.6) is 0 Å². The Balaban J connectivity index is 1.78. The van der Waals surface area contributed by atoms with Crippen molar-refractivity contribution in [3.05, 3.63) is 72.5 Å². The SMILES string of the molecule is C[C@@H](C(=O)Nc1ccccc1F)N(C)c1ccc2ccccc2c1. The molecule has 0 fully saturated rings. The van der Waals surface area contributed by atoms with E-state index in [1.165, 1.54) is 6.07 Å². The van der Waals surface area contributed by atoms with Gasteiger partial charge >= 0.3 is 0 Å². The number of nitrogens with zero attached hydrogens (tertiary/aromatic N) is 1. The van der Waals surface area contributed by atoms with Gasteiger partial charge in [0.2, 0.25) is 5.91 Å². The van der Waals surface area contributed by atoms with Gasteiger partial charge in [0.1, 0.15) is 11.9 Å². The van der Waals surface area contributed by atoms with Crippen LogP contribution >= 0.6 is 0 Å². The van der Waals surface area contributed by atoms with Crippen LogP contribution < -0.4 is 10.2 Å². The van der Waals surface area contributed by atoms with E-state index < -0.39 is 11.9 Å². The summed E-state index contributed by atoms with van der Waals surface area (Å²) < 4.78 is 13.7. The lowest BCUT2D eigenvalue weighted by atomic mass is 10.1. The maximum absolute atomic E-state index is 13.7. The van der Waals surface area contributed by atoms with E-state index >= 15 is 0 Å². The third-order valence-electron chi connectivity index (χ3n) is 4.23. The zero-order chi connectivity index (χ0) is 17.1. The molecule has 0 saturated carbocycles. The zero-order valence-corrected chi connectivity index (χ0v) is 13.7. The first-order valence-electron chi connectivity index (χ1n) is 7.83. The number of likely N-dealkylation sites (N-methyl/N-ethyl adjacent to an activating group) is 1. The van der Waals surface area contributed by atoms with E-state index in [4.69, 9.17) is 0 Å². The number of carbonyl (C=O) groups excluding carboxylic acids is 1. The molecule has 3 nitrogen and oxygen atoms in total. The summed E-state index contributed by atoms with van der Waals surface area (Å²) in [5, 5.41) is 4.91. The highest BCUT2D eigenvalue weighted by molar-refractivity contribution is 5.97. The van der Waals surface area contributed by atoms with Crippen molar-refractivity contribution in [2.75, 3.05) is 17.3 Å². The molecule has 0 unspecified atom stereocenters. The van der Waals surface area contributed by atoms with Crippen LogP contribution in [0, 0.1) is 5.82 Å². The first kappa shape index (κ1) is 16.0. The van der Waals surface area contributed by atoms with Gasteiger partial charge in [-0.05, 0) is 42.0 Å². The number of hydrogen-bond acceptors (Lipinski definition) is 2. The number of anilines is 2. The number of benzene rings is 3. The maximum Gasteiger partial charge on any atom is 0.246 e. The van der Waals surface area contributed by atoms with E-state index in [0.717, 1.165) is 16.5 Å². The highest BCUT2D eigenvalue weighted by Gasteiger charge is 2.19. The van der Waals surface area contributed by atoms with Gasteiger partial charge in [-0.3, -0.25) is 4.79 Å². The van der Waals surface area contributed by atoms with Gasteiger partial charge in [0.05, 0.1) is 5.69 Å². The van der Waals surface area contributed by atoms with Crippen molar-refractivity contribution in [2.45, 2.75) is 13.0 Å². The van der Waals surface area contributed by atoms with Gasteiger partial charge in [-0.25, -0.2) is 4.39 Å². The molecule has 0 aliphatic rings. The lowest BCUT2D eigenvalue weighted by molar-refractivity contribution is -0.117. The molecule has 1 amide bonds. The van der Waals surface area contributed by atoms with Crippen molar-refractivity contribution in [1.82, 2.24) is 0 Å². The number of carbonyl (C=O) groups is 1. The van der Waals surface area contributed by atoms with E-state index in [1.807, 2.05) is 54.4 Å². The molecule has 0 saturated heterocycles. The predicted octanol–water partition coefficient (Wildman–Crippen LogP) is 4.44. The average molecular weight is 322 g/mol. The molecular formula is C20H19FN2O. The van der Waals surface area contributed by atoms with E-state index in [-0.39, 0.29) is 11.6 Å².